The number of nitrogens with zero attached hydrogens (tertiary/aromatic N) is 1. The Morgan fingerprint density at radius 1 is 1.14 bits per heavy atom. The Kier molecular flexibility index (Phi) is 10.2. The average Bonchev–Trinajstić information content (AvgIpc) is 3.21. The SMILES string of the molecule is COc1cccc(CNCCCNC(=O)C(CCc2ccc(F)cc2)N2CCC(NC(C)=O)C2=O)c1. The first-order valence-corrected chi connectivity index (χ1v) is 12.3. The maximum Gasteiger partial charge on any atom is 0.245 e. The fraction of sp³-hybridized carbons (Fsp3) is 0.444. The lowest BCUT2D eigenvalue weighted by Gasteiger charge is -2.27. The Balaban J connectivity index is 1.51. The highest BCUT2D eigenvalue weighted by atomic mass is 19.1. The number of halogens is 1. The number of benzene rings is 2. The molecule has 8 nitrogen and oxygen atoms in total. The molecular weight excluding hydrogens is 463 g/mol. The summed E-state index contributed by atoms with van der Waals surface area (Å²) in [6.45, 7) is 3.64. The summed E-state index contributed by atoms with van der Waals surface area (Å²) in [5.74, 6) is -0.249. The maximum absolute atomic E-state index is 13.3. The number of likely N-dealkylation sites (tertiary alicyclic amines) is 1. The predicted molar refractivity (Wildman–Crippen MR) is 135 cm³/mol. The number of hydrogen-bond acceptors (Lipinski definition) is 5. The third-order valence-electron chi connectivity index (χ3n) is 6.21. The average molecular weight is 499 g/mol. The number of ether oxygens (including phenoxy) is 1. The molecule has 2 unspecified atom stereocenters. The van der Waals surface area contributed by atoms with Gasteiger partial charge in [0.15, 0.2) is 0 Å². The van der Waals surface area contributed by atoms with Crippen molar-refractivity contribution in [2.75, 3.05) is 26.7 Å². The van der Waals surface area contributed by atoms with Crippen molar-refractivity contribution in [2.45, 2.75) is 51.2 Å². The lowest BCUT2D eigenvalue weighted by Crippen LogP contribution is -2.50. The van der Waals surface area contributed by atoms with Crippen LogP contribution in [0.5, 0.6) is 5.75 Å². The van der Waals surface area contributed by atoms with Crippen molar-refractivity contribution in [3.05, 3.63) is 65.5 Å². The summed E-state index contributed by atoms with van der Waals surface area (Å²) in [5.41, 5.74) is 2.00. The third-order valence-corrected chi connectivity index (χ3v) is 6.21. The molecule has 3 amide bonds. The first kappa shape index (κ1) is 27.1. The fourth-order valence-corrected chi connectivity index (χ4v) is 4.33. The molecule has 3 rings (SSSR count). The molecule has 2 aromatic rings. The van der Waals surface area contributed by atoms with Crippen LogP contribution in [0.3, 0.4) is 0 Å². The first-order chi connectivity index (χ1) is 17.4. The molecule has 0 radical (unpaired) electrons. The Bertz CT molecular complexity index is 1030. The van der Waals surface area contributed by atoms with Crippen molar-refractivity contribution in [3.8, 4) is 5.75 Å². The van der Waals surface area contributed by atoms with E-state index in [-0.39, 0.29) is 23.5 Å². The highest BCUT2D eigenvalue weighted by molar-refractivity contribution is 5.93. The summed E-state index contributed by atoms with van der Waals surface area (Å²) < 4.78 is 18.5. The predicted octanol–water partition coefficient (Wildman–Crippen LogP) is 2.17. The van der Waals surface area contributed by atoms with Gasteiger partial charge in [0.1, 0.15) is 23.7 Å². The topological polar surface area (TPSA) is 99.8 Å². The molecule has 194 valence electrons. The lowest BCUT2D eigenvalue weighted by molar-refractivity contribution is -0.139. The Morgan fingerprint density at radius 3 is 2.64 bits per heavy atom. The van der Waals surface area contributed by atoms with Crippen LogP contribution >= 0.6 is 0 Å². The Morgan fingerprint density at radius 2 is 1.92 bits per heavy atom. The standard InChI is InChI=1S/C27H35FN4O4/c1-19(33)31-24-13-16-32(27(24)35)25(12-9-20-7-10-22(28)11-8-20)26(34)30-15-4-14-29-18-21-5-3-6-23(17-21)36-2/h3,5-8,10-11,17,24-25,29H,4,9,12-16,18H2,1-2H3,(H,30,34)(H,31,33). The highest BCUT2D eigenvalue weighted by Crippen LogP contribution is 2.19. The zero-order valence-corrected chi connectivity index (χ0v) is 20.9. The minimum Gasteiger partial charge on any atom is -0.497 e. The summed E-state index contributed by atoms with van der Waals surface area (Å²) in [5, 5.41) is 8.97. The number of carbonyl (C=O) groups excluding carboxylic acids is 3. The summed E-state index contributed by atoms with van der Waals surface area (Å²) in [6, 6.07) is 12.7. The van der Waals surface area contributed by atoms with Crippen LogP contribution in [0.4, 0.5) is 4.39 Å². The summed E-state index contributed by atoms with van der Waals surface area (Å²) in [7, 11) is 1.64. The van der Waals surface area contributed by atoms with Crippen LogP contribution in [-0.4, -0.2) is 61.4 Å². The van der Waals surface area contributed by atoms with E-state index in [1.165, 1.54) is 19.1 Å². The van der Waals surface area contributed by atoms with E-state index in [4.69, 9.17) is 4.74 Å². The molecule has 0 aliphatic carbocycles. The smallest absolute Gasteiger partial charge is 0.245 e. The van der Waals surface area contributed by atoms with Gasteiger partial charge in [-0.25, -0.2) is 4.39 Å². The second-order valence-electron chi connectivity index (χ2n) is 8.93. The van der Waals surface area contributed by atoms with Crippen LogP contribution in [0.2, 0.25) is 0 Å². The molecule has 1 aliphatic heterocycles. The quantitative estimate of drug-likeness (QED) is 0.368. The van der Waals surface area contributed by atoms with E-state index in [1.807, 2.05) is 24.3 Å². The van der Waals surface area contributed by atoms with Gasteiger partial charge in [-0.15, -0.1) is 0 Å². The second-order valence-corrected chi connectivity index (χ2v) is 8.93. The van der Waals surface area contributed by atoms with Gasteiger partial charge in [-0.1, -0.05) is 24.3 Å². The number of methoxy groups -OCH3 is 1. The summed E-state index contributed by atoms with van der Waals surface area (Å²) in [6.07, 6.45) is 2.12. The van der Waals surface area contributed by atoms with Crippen LogP contribution in [-0.2, 0) is 27.3 Å². The molecular formula is C27H35FN4O4. The van der Waals surface area contributed by atoms with Gasteiger partial charge in [-0.3, -0.25) is 14.4 Å². The molecule has 2 atom stereocenters. The van der Waals surface area contributed by atoms with Gasteiger partial charge in [0, 0.05) is 26.6 Å². The molecule has 0 bridgehead atoms. The largest absolute Gasteiger partial charge is 0.497 e. The monoisotopic (exact) mass is 498 g/mol. The minimum atomic E-state index is -0.661. The Hall–Kier alpha value is -3.46. The van der Waals surface area contributed by atoms with Crippen LogP contribution in [0.15, 0.2) is 48.5 Å². The summed E-state index contributed by atoms with van der Waals surface area (Å²) in [4.78, 5) is 39.0. The van der Waals surface area contributed by atoms with Crippen LogP contribution in [0, 0.1) is 5.82 Å². The molecule has 0 spiro atoms. The molecule has 1 fully saturated rings. The van der Waals surface area contributed by atoms with E-state index in [0.29, 0.717) is 45.4 Å². The van der Waals surface area contributed by atoms with Gasteiger partial charge >= 0.3 is 0 Å². The van der Waals surface area contributed by atoms with Gasteiger partial charge in [-0.2, -0.15) is 0 Å². The summed E-state index contributed by atoms with van der Waals surface area (Å²) >= 11 is 0. The number of carbonyl (C=O) groups is 3. The van der Waals surface area contributed by atoms with Gasteiger partial charge in [-0.05, 0) is 67.6 Å². The minimum absolute atomic E-state index is 0.221. The maximum atomic E-state index is 13.3. The second kappa shape index (κ2) is 13.6. The number of aryl methyl sites for hydroxylation is 1. The van der Waals surface area contributed by atoms with Crippen molar-refractivity contribution in [1.29, 1.82) is 0 Å². The van der Waals surface area contributed by atoms with Crippen molar-refractivity contribution in [3.63, 3.8) is 0 Å². The molecule has 1 heterocycles. The highest BCUT2D eigenvalue weighted by Gasteiger charge is 2.38. The number of amides is 3. The zero-order chi connectivity index (χ0) is 25.9. The van der Waals surface area contributed by atoms with Crippen LogP contribution in [0.25, 0.3) is 0 Å². The van der Waals surface area contributed by atoms with E-state index >= 15 is 0 Å². The van der Waals surface area contributed by atoms with E-state index in [1.54, 1.807) is 24.1 Å². The van der Waals surface area contributed by atoms with Gasteiger partial charge in [0.2, 0.25) is 17.7 Å². The normalized spacial score (nSPS) is 16.0. The Labute approximate surface area is 211 Å². The van der Waals surface area contributed by atoms with E-state index < -0.39 is 12.1 Å². The molecule has 3 N–H and O–H groups in total. The molecule has 9 heteroatoms. The van der Waals surface area contributed by atoms with Crippen LogP contribution < -0.4 is 20.7 Å². The van der Waals surface area contributed by atoms with Gasteiger partial charge in [0.05, 0.1) is 7.11 Å². The number of rotatable bonds is 13. The van der Waals surface area contributed by atoms with Gasteiger partial charge in [0.25, 0.3) is 0 Å². The lowest BCUT2D eigenvalue weighted by atomic mass is 10.0. The molecule has 1 aliphatic rings. The first-order valence-electron chi connectivity index (χ1n) is 12.3. The van der Waals surface area contributed by atoms with E-state index in [9.17, 15) is 18.8 Å². The molecule has 0 aromatic heterocycles. The van der Waals surface area contributed by atoms with Crippen molar-refractivity contribution >= 4 is 17.7 Å². The molecule has 0 saturated carbocycles. The fourth-order valence-electron chi connectivity index (χ4n) is 4.33. The van der Waals surface area contributed by atoms with Gasteiger partial charge < -0.3 is 25.6 Å². The number of nitrogens with one attached hydrogen (secondary N) is 3. The molecule has 1 saturated heterocycles. The van der Waals surface area contributed by atoms with Crippen molar-refractivity contribution in [1.82, 2.24) is 20.9 Å². The van der Waals surface area contributed by atoms with Crippen molar-refractivity contribution < 1.29 is 23.5 Å². The van der Waals surface area contributed by atoms with Crippen molar-refractivity contribution in [2.24, 2.45) is 0 Å². The molecule has 2 aromatic carbocycles. The van der Waals surface area contributed by atoms with Crippen LogP contribution in [0.1, 0.15) is 37.3 Å². The zero-order valence-electron chi connectivity index (χ0n) is 20.9. The van der Waals surface area contributed by atoms with E-state index in [0.717, 1.165) is 23.3 Å². The van der Waals surface area contributed by atoms with E-state index in [2.05, 4.69) is 16.0 Å². The third kappa shape index (κ3) is 8.05. The number of hydrogen-bond donors (Lipinski definition) is 3. The molecule has 36 heavy (non-hydrogen) atoms.